The number of thiophene rings is 1. The molecule has 0 saturated heterocycles. The fraction of sp³-hybridized carbons (Fsp3) is 0.154. The van der Waals surface area contributed by atoms with Crippen molar-refractivity contribution in [3.63, 3.8) is 0 Å². The fourth-order valence-electron chi connectivity index (χ4n) is 1.50. The molecule has 1 aromatic heterocycles. The number of benzene rings is 1. The molecular weight excluding hydrogens is 317 g/mol. The van der Waals surface area contributed by atoms with Crippen LogP contribution in [0, 0.1) is 5.82 Å². The average molecular weight is 328 g/mol. The van der Waals surface area contributed by atoms with Crippen molar-refractivity contribution >= 4 is 38.9 Å². The third-order valence-electron chi connectivity index (χ3n) is 2.43. The topological polar surface area (TPSA) is 29.1 Å². The van der Waals surface area contributed by atoms with Crippen LogP contribution >= 0.6 is 27.3 Å². The summed E-state index contributed by atoms with van der Waals surface area (Å²) in [4.78, 5) is 11.7. The van der Waals surface area contributed by atoms with Gasteiger partial charge in [-0.3, -0.25) is 4.79 Å². The Morgan fingerprint density at radius 2 is 2.22 bits per heavy atom. The summed E-state index contributed by atoms with van der Waals surface area (Å²) in [6, 6.07) is 6.55. The Balaban J connectivity index is 1.91. The van der Waals surface area contributed by atoms with Gasteiger partial charge in [-0.2, -0.15) is 11.3 Å². The van der Waals surface area contributed by atoms with Crippen molar-refractivity contribution in [3.05, 3.63) is 50.9 Å². The minimum Gasteiger partial charge on any atom is -0.324 e. The highest BCUT2D eigenvalue weighted by molar-refractivity contribution is 9.10. The van der Waals surface area contributed by atoms with Crippen molar-refractivity contribution < 1.29 is 9.18 Å². The van der Waals surface area contributed by atoms with Crippen LogP contribution in [0.1, 0.15) is 12.0 Å². The molecule has 94 valence electrons. The maximum absolute atomic E-state index is 13.5. The van der Waals surface area contributed by atoms with Crippen LogP contribution in [-0.2, 0) is 11.2 Å². The third kappa shape index (κ3) is 3.65. The van der Waals surface area contributed by atoms with Gasteiger partial charge in [-0.1, -0.05) is 15.9 Å². The largest absolute Gasteiger partial charge is 0.324 e. The van der Waals surface area contributed by atoms with Crippen LogP contribution in [0.5, 0.6) is 0 Å². The van der Waals surface area contributed by atoms with E-state index in [1.54, 1.807) is 23.5 Å². The molecule has 0 saturated carbocycles. The normalized spacial score (nSPS) is 10.3. The predicted molar refractivity (Wildman–Crippen MR) is 75.4 cm³/mol. The van der Waals surface area contributed by atoms with Gasteiger partial charge >= 0.3 is 0 Å². The van der Waals surface area contributed by atoms with Gasteiger partial charge in [-0.05, 0) is 47.0 Å². The van der Waals surface area contributed by atoms with E-state index in [-0.39, 0.29) is 11.6 Å². The minimum atomic E-state index is -0.437. The van der Waals surface area contributed by atoms with E-state index < -0.39 is 5.82 Å². The molecule has 0 radical (unpaired) electrons. The first-order valence-electron chi connectivity index (χ1n) is 5.41. The maximum Gasteiger partial charge on any atom is 0.224 e. The number of hydrogen-bond donors (Lipinski definition) is 1. The number of halogens is 2. The molecule has 1 aromatic carbocycles. The number of carbonyl (C=O) groups is 1. The van der Waals surface area contributed by atoms with Crippen molar-refractivity contribution in [2.45, 2.75) is 12.8 Å². The van der Waals surface area contributed by atoms with Gasteiger partial charge in [0.05, 0.1) is 5.69 Å². The Kier molecular flexibility index (Phi) is 4.49. The molecule has 2 rings (SSSR count). The van der Waals surface area contributed by atoms with Crippen molar-refractivity contribution in [2.24, 2.45) is 0 Å². The fourth-order valence-corrected chi connectivity index (χ4v) is 2.53. The lowest BCUT2D eigenvalue weighted by Gasteiger charge is -2.06. The quantitative estimate of drug-likeness (QED) is 0.894. The summed E-state index contributed by atoms with van der Waals surface area (Å²) in [5.74, 6) is -0.615. The molecular formula is C13H11BrFNOS. The van der Waals surface area contributed by atoms with E-state index in [4.69, 9.17) is 0 Å². The van der Waals surface area contributed by atoms with Gasteiger partial charge in [0.2, 0.25) is 5.91 Å². The first-order valence-corrected chi connectivity index (χ1v) is 7.15. The van der Waals surface area contributed by atoms with Crippen LogP contribution in [0.15, 0.2) is 39.5 Å². The number of aryl methyl sites for hydroxylation is 1. The molecule has 18 heavy (non-hydrogen) atoms. The zero-order chi connectivity index (χ0) is 13.0. The van der Waals surface area contributed by atoms with Crippen molar-refractivity contribution in [1.29, 1.82) is 0 Å². The van der Waals surface area contributed by atoms with Gasteiger partial charge in [0.25, 0.3) is 0 Å². The van der Waals surface area contributed by atoms with Gasteiger partial charge in [0.1, 0.15) is 5.82 Å². The molecule has 0 bridgehead atoms. The zero-order valence-electron chi connectivity index (χ0n) is 9.45. The van der Waals surface area contributed by atoms with Gasteiger partial charge < -0.3 is 5.32 Å². The van der Waals surface area contributed by atoms with E-state index in [1.165, 1.54) is 6.07 Å². The van der Waals surface area contributed by atoms with E-state index in [9.17, 15) is 9.18 Å². The van der Waals surface area contributed by atoms with E-state index >= 15 is 0 Å². The average Bonchev–Trinajstić information content (AvgIpc) is 2.83. The smallest absolute Gasteiger partial charge is 0.224 e. The van der Waals surface area contributed by atoms with Gasteiger partial charge in [-0.25, -0.2) is 4.39 Å². The number of rotatable bonds is 4. The lowest BCUT2D eigenvalue weighted by atomic mass is 10.2. The van der Waals surface area contributed by atoms with Crippen LogP contribution in [0.4, 0.5) is 10.1 Å². The second kappa shape index (κ2) is 6.11. The van der Waals surface area contributed by atoms with Crippen molar-refractivity contribution in [3.8, 4) is 0 Å². The lowest BCUT2D eigenvalue weighted by Crippen LogP contribution is -2.13. The standard InChI is InChI=1S/C13H11BrFNOS/c14-10-2-3-12(11(15)7-10)16-13(17)4-1-9-5-6-18-8-9/h2-3,5-8H,1,4H2,(H,16,17). The molecule has 1 heterocycles. The minimum absolute atomic E-state index is 0.178. The van der Waals surface area contributed by atoms with E-state index in [2.05, 4.69) is 21.2 Å². The SMILES string of the molecule is O=C(CCc1ccsc1)Nc1ccc(Br)cc1F. The van der Waals surface area contributed by atoms with E-state index in [1.807, 2.05) is 16.8 Å². The maximum atomic E-state index is 13.5. The molecule has 1 N–H and O–H groups in total. The van der Waals surface area contributed by atoms with E-state index in [0.717, 1.165) is 5.56 Å². The lowest BCUT2D eigenvalue weighted by molar-refractivity contribution is -0.116. The molecule has 0 aliphatic rings. The van der Waals surface area contributed by atoms with Gasteiger partial charge in [0, 0.05) is 10.9 Å². The number of hydrogen-bond acceptors (Lipinski definition) is 2. The highest BCUT2D eigenvalue weighted by Crippen LogP contribution is 2.19. The molecule has 0 spiro atoms. The van der Waals surface area contributed by atoms with E-state index in [0.29, 0.717) is 17.3 Å². The monoisotopic (exact) mass is 327 g/mol. The van der Waals surface area contributed by atoms with Crippen molar-refractivity contribution in [2.75, 3.05) is 5.32 Å². The molecule has 1 amide bonds. The molecule has 2 aromatic rings. The summed E-state index contributed by atoms with van der Waals surface area (Å²) in [5, 5.41) is 6.55. The van der Waals surface area contributed by atoms with Crippen LogP contribution < -0.4 is 5.32 Å². The van der Waals surface area contributed by atoms with Crippen LogP contribution in [0.25, 0.3) is 0 Å². The van der Waals surface area contributed by atoms with Crippen molar-refractivity contribution in [1.82, 2.24) is 0 Å². The van der Waals surface area contributed by atoms with Crippen LogP contribution in [0.3, 0.4) is 0 Å². The summed E-state index contributed by atoms with van der Waals surface area (Å²) in [6.45, 7) is 0. The summed E-state index contributed by atoms with van der Waals surface area (Å²) >= 11 is 4.77. The summed E-state index contributed by atoms with van der Waals surface area (Å²) in [5.41, 5.74) is 1.35. The van der Waals surface area contributed by atoms with Gasteiger partial charge in [-0.15, -0.1) is 0 Å². The Bertz CT molecular complexity index is 542. The molecule has 0 aliphatic heterocycles. The Morgan fingerprint density at radius 1 is 1.39 bits per heavy atom. The number of anilines is 1. The molecule has 2 nitrogen and oxygen atoms in total. The Labute approximate surface area is 117 Å². The third-order valence-corrected chi connectivity index (χ3v) is 3.65. The highest BCUT2D eigenvalue weighted by Gasteiger charge is 2.07. The molecule has 0 aliphatic carbocycles. The van der Waals surface area contributed by atoms with Crippen LogP contribution in [0.2, 0.25) is 0 Å². The second-order valence-electron chi connectivity index (χ2n) is 3.80. The summed E-state index contributed by atoms with van der Waals surface area (Å²) in [7, 11) is 0. The Morgan fingerprint density at radius 3 is 2.89 bits per heavy atom. The first-order chi connectivity index (χ1) is 8.65. The number of carbonyl (C=O) groups excluding carboxylic acids is 1. The highest BCUT2D eigenvalue weighted by atomic mass is 79.9. The summed E-state index contributed by atoms with van der Waals surface area (Å²) in [6.07, 6.45) is 1.03. The Hall–Kier alpha value is -1.20. The zero-order valence-corrected chi connectivity index (χ0v) is 11.9. The summed E-state index contributed by atoms with van der Waals surface area (Å²) < 4.78 is 14.1. The molecule has 0 unspecified atom stereocenters. The molecule has 0 fully saturated rings. The number of amides is 1. The first kappa shape index (κ1) is 13.2. The second-order valence-corrected chi connectivity index (χ2v) is 5.50. The number of nitrogens with one attached hydrogen (secondary N) is 1. The molecule has 0 atom stereocenters. The van der Waals surface area contributed by atoms with Gasteiger partial charge in [0.15, 0.2) is 0 Å². The predicted octanol–water partition coefficient (Wildman–Crippen LogP) is 4.22. The molecule has 5 heteroatoms. The van der Waals surface area contributed by atoms with Crippen LogP contribution in [-0.4, -0.2) is 5.91 Å².